The molecule has 6 nitrogen and oxygen atoms in total. The topological polar surface area (TPSA) is 60.0 Å². The quantitative estimate of drug-likeness (QED) is 0.820. The Kier molecular flexibility index (Phi) is 4.87. The molecule has 22 heavy (non-hydrogen) atoms. The Morgan fingerprint density at radius 1 is 1.27 bits per heavy atom. The van der Waals surface area contributed by atoms with Gasteiger partial charge in [-0.2, -0.15) is 0 Å². The third-order valence-corrected chi connectivity index (χ3v) is 4.52. The standard InChI is InChI=1S/C16H25N5O/c1-3-15-18-19-16(22-15)12-21-10-5-4-6-13(21)7-8-14-17-9-11-20(14)2/h9,11,13H,3-8,10,12H2,1-2H3/t13-/m1/s1. The van der Waals surface area contributed by atoms with Gasteiger partial charge in [-0.3, -0.25) is 4.90 Å². The van der Waals surface area contributed by atoms with Crippen molar-refractivity contribution in [3.05, 3.63) is 30.0 Å². The first-order chi connectivity index (χ1) is 10.8. The van der Waals surface area contributed by atoms with E-state index in [-0.39, 0.29) is 0 Å². The highest BCUT2D eigenvalue weighted by Gasteiger charge is 2.24. The van der Waals surface area contributed by atoms with Gasteiger partial charge in [0.25, 0.3) is 0 Å². The zero-order valence-corrected chi connectivity index (χ0v) is 13.5. The molecule has 0 N–H and O–H groups in total. The number of imidazole rings is 1. The van der Waals surface area contributed by atoms with Gasteiger partial charge in [-0.15, -0.1) is 10.2 Å². The summed E-state index contributed by atoms with van der Waals surface area (Å²) in [5.74, 6) is 2.65. The van der Waals surface area contributed by atoms with Gasteiger partial charge in [0.1, 0.15) is 5.82 Å². The zero-order chi connectivity index (χ0) is 15.4. The molecule has 120 valence electrons. The first-order valence-electron chi connectivity index (χ1n) is 8.27. The van der Waals surface area contributed by atoms with E-state index in [0.29, 0.717) is 6.04 Å². The second kappa shape index (κ2) is 7.05. The molecule has 2 aromatic heterocycles. The van der Waals surface area contributed by atoms with E-state index in [1.165, 1.54) is 19.3 Å². The summed E-state index contributed by atoms with van der Waals surface area (Å²) in [4.78, 5) is 6.93. The molecule has 0 bridgehead atoms. The lowest BCUT2D eigenvalue weighted by Gasteiger charge is -2.34. The number of hydrogen-bond donors (Lipinski definition) is 0. The maximum atomic E-state index is 5.67. The molecule has 3 rings (SSSR count). The second-order valence-corrected chi connectivity index (χ2v) is 6.06. The molecule has 6 heteroatoms. The Hall–Kier alpha value is -1.69. The number of hydrogen-bond acceptors (Lipinski definition) is 5. The van der Waals surface area contributed by atoms with Crippen molar-refractivity contribution in [3.8, 4) is 0 Å². The molecule has 0 aromatic carbocycles. The normalized spacial score (nSPS) is 19.6. The summed E-state index contributed by atoms with van der Waals surface area (Å²) < 4.78 is 7.78. The molecule has 1 aliphatic rings. The Bertz CT molecular complexity index is 591. The average molecular weight is 303 g/mol. The van der Waals surface area contributed by atoms with Gasteiger partial charge in [0.15, 0.2) is 0 Å². The van der Waals surface area contributed by atoms with Crippen LogP contribution in [0.1, 0.15) is 50.2 Å². The summed E-state index contributed by atoms with van der Waals surface area (Å²) in [6, 6.07) is 0.586. The summed E-state index contributed by atoms with van der Waals surface area (Å²) in [5, 5.41) is 8.23. The number of likely N-dealkylation sites (tertiary alicyclic amines) is 1. The third-order valence-electron chi connectivity index (χ3n) is 4.52. The van der Waals surface area contributed by atoms with Crippen molar-refractivity contribution in [2.24, 2.45) is 7.05 Å². The van der Waals surface area contributed by atoms with Gasteiger partial charge >= 0.3 is 0 Å². The Morgan fingerprint density at radius 2 is 2.14 bits per heavy atom. The highest BCUT2D eigenvalue weighted by Crippen LogP contribution is 2.23. The van der Waals surface area contributed by atoms with Gasteiger partial charge in [-0.05, 0) is 25.8 Å². The summed E-state index contributed by atoms with van der Waals surface area (Å²) in [5.41, 5.74) is 0. The number of rotatable bonds is 6. The molecule has 1 saturated heterocycles. The summed E-state index contributed by atoms with van der Waals surface area (Å²) in [7, 11) is 2.06. The molecular formula is C16H25N5O. The predicted molar refractivity (Wildman–Crippen MR) is 83.3 cm³/mol. The maximum Gasteiger partial charge on any atom is 0.230 e. The monoisotopic (exact) mass is 303 g/mol. The summed E-state index contributed by atoms with van der Waals surface area (Å²) >= 11 is 0. The smallest absolute Gasteiger partial charge is 0.230 e. The first-order valence-corrected chi connectivity index (χ1v) is 8.27. The van der Waals surface area contributed by atoms with Crippen LogP contribution in [-0.2, 0) is 26.4 Å². The highest BCUT2D eigenvalue weighted by atomic mass is 16.4. The van der Waals surface area contributed by atoms with E-state index in [9.17, 15) is 0 Å². The highest BCUT2D eigenvalue weighted by molar-refractivity contribution is 4.93. The van der Waals surface area contributed by atoms with Crippen LogP contribution in [0.4, 0.5) is 0 Å². The second-order valence-electron chi connectivity index (χ2n) is 6.06. The van der Waals surface area contributed by atoms with Gasteiger partial charge in [0.05, 0.1) is 6.54 Å². The van der Waals surface area contributed by atoms with Crippen LogP contribution >= 0.6 is 0 Å². The molecule has 1 aliphatic heterocycles. The van der Waals surface area contributed by atoms with Gasteiger partial charge in [-0.1, -0.05) is 13.3 Å². The fourth-order valence-corrected chi connectivity index (χ4v) is 3.20. The van der Waals surface area contributed by atoms with E-state index in [1.807, 2.05) is 19.3 Å². The van der Waals surface area contributed by atoms with Crippen LogP contribution in [0.2, 0.25) is 0 Å². The molecule has 1 fully saturated rings. The summed E-state index contributed by atoms with van der Waals surface area (Å²) in [6.45, 7) is 3.93. The van der Waals surface area contributed by atoms with Crippen molar-refractivity contribution in [3.63, 3.8) is 0 Å². The van der Waals surface area contributed by atoms with Gasteiger partial charge in [0.2, 0.25) is 11.8 Å². The van der Waals surface area contributed by atoms with Crippen molar-refractivity contribution < 1.29 is 4.42 Å². The fourth-order valence-electron chi connectivity index (χ4n) is 3.20. The maximum absolute atomic E-state index is 5.67. The molecule has 0 radical (unpaired) electrons. The minimum absolute atomic E-state index is 0.586. The predicted octanol–water partition coefficient (Wildman–Crippen LogP) is 2.35. The molecular weight excluding hydrogens is 278 g/mol. The SMILES string of the molecule is CCc1nnc(CN2CCCC[C@@H]2CCc2nccn2C)o1. The number of aromatic nitrogens is 4. The van der Waals surface area contributed by atoms with Crippen molar-refractivity contribution >= 4 is 0 Å². The molecule has 3 heterocycles. The van der Waals surface area contributed by atoms with Crippen LogP contribution in [0.15, 0.2) is 16.8 Å². The molecule has 0 unspecified atom stereocenters. The lowest BCUT2D eigenvalue weighted by molar-refractivity contribution is 0.119. The first kappa shape index (κ1) is 15.2. The van der Waals surface area contributed by atoms with E-state index >= 15 is 0 Å². The lowest BCUT2D eigenvalue weighted by Crippen LogP contribution is -2.39. The third kappa shape index (κ3) is 3.55. The van der Waals surface area contributed by atoms with Crippen molar-refractivity contribution in [1.29, 1.82) is 0 Å². The van der Waals surface area contributed by atoms with Crippen LogP contribution in [0.3, 0.4) is 0 Å². The van der Waals surface area contributed by atoms with Crippen LogP contribution in [-0.4, -0.2) is 37.2 Å². The molecule has 2 aromatic rings. The van der Waals surface area contributed by atoms with Crippen LogP contribution in [0.25, 0.3) is 0 Å². The minimum atomic E-state index is 0.586. The number of piperidine rings is 1. The van der Waals surface area contributed by atoms with Crippen molar-refractivity contribution in [2.45, 2.75) is 58.0 Å². The van der Waals surface area contributed by atoms with E-state index < -0.39 is 0 Å². The van der Waals surface area contributed by atoms with E-state index in [4.69, 9.17) is 4.42 Å². The van der Waals surface area contributed by atoms with Gasteiger partial charge in [-0.25, -0.2) is 4.98 Å². The average Bonchev–Trinajstić information content (AvgIpc) is 3.15. The lowest BCUT2D eigenvalue weighted by atomic mass is 9.98. The van der Waals surface area contributed by atoms with Gasteiger partial charge < -0.3 is 8.98 Å². The molecule has 0 amide bonds. The Balaban J connectivity index is 1.59. The largest absolute Gasteiger partial charge is 0.424 e. The fraction of sp³-hybridized carbons (Fsp3) is 0.688. The summed E-state index contributed by atoms with van der Waals surface area (Å²) in [6.07, 6.45) is 10.7. The molecule has 1 atom stereocenters. The Morgan fingerprint density at radius 3 is 2.86 bits per heavy atom. The van der Waals surface area contributed by atoms with E-state index in [2.05, 4.69) is 31.7 Å². The molecule has 0 aliphatic carbocycles. The molecule has 0 spiro atoms. The van der Waals surface area contributed by atoms with E-state index in [0.717, 1.165) is 50.0 Å². The van der Waals surface area contributed by atoms with Gasteiger partial charge in [0, 0.05) is 38.3 Å². The van der Waals surface area contributed by atoms with Crippen molar-refractivity contribution in [2.75, 3.05) is 6.54 Å². The van der Waals surface area contributed by atoms with Crippen LogP contribution < -0.4 is 0 Å². The minimum Gasteiger partial charge on any atom is -0.424 e. The Labute approximate surface area is 131 Å². The zero-order valence-electron chi connectivity index (χ0n) is 13.5. The van der Waals surface area contributed by atoms with Crippen molar-refractivity contribution in [1.82, 2.24) is 24.6 Å². The van der Waals surface area contributed by atoms with Crippen LogP contribution in [0.5, 0.6) is 0 Å². The van der Waals surface area contributed by atoms with E-state index in [1.54, 1.807) is 0 Å². The number of aryl methyl sites for hydroxylation is 3. The molecule has 0 saturated carbocycles. The number of nitrogens with zero attached hydrogens (tertiary/aromatic N) is 5. The van der Waals surface area contributed by atoms with Crippen LogP contribution in [0, 0.1) is 0 Å².